The Balaban J connectivity index is 2.26. The Bertz CT molecular complexity index is 351. The normalized spacial score (nSPS) is 27.4. The first-order chi connectivity index (χ1) is 6.59. The number of benzene rings is 1. The number of rotatable bonds is 2. The highest BCUT2D eigenvalue weighted by atomic mass is 79.9. The number of hydrogen-bond acceptors (Lipinski definition) is 0. The van der Waals surface area contributed by atoms with Gasteiger partial charge in [0, 0.05) is 14.9 Å². The lowest BCUT2D eigenvalue weighted by atomic mass is 10.1. The molecular formula is C11H11BrCl2. The average molecular weight is 294 g/mol. The molecule has 76 valence electrons. The van der Waals surface area contributed by atoms with Gasteiger partial charge in [-0.2, -0.15) is 0 Å². The van der Waals surface area contributed by atoms with Crippen molar-refractivity contribution in [3.63, 3.8) is 0 Å². The van der Waals surface area contributed by atoms with Crippen molar-refractivity contribution in [2.45, 2.75) is 18.2 Å². The van der Waals surface area contributed by atoms with Gasteiger partial charge in [0.15, 0.2) is 0 Å². The van der Waals surface area contributed by atoms with Crippen LogP contribution in [0.2, 0.25) is 10.0 Å². The summed E-state index contributed by atoms with van der Waals surface area (Å²) in [5.74, 6) is 1.51. The zero-order valence-electron chi connectivity index (χ0n) is 7.81. The van der Waals surface area contributed by atoms with Gasteiger partial charge in [0.2, 0.25) is 0 Å². The van der Waals surface area contributed by atoms with E-state index in [1.165, 1.54) is 6.42 Å². The van der Waals surface area contributed by atoms with E-state index < -0.39 is 0 Å². The second kappa shape index (κ2) is 4.03. The summed E-state index contributed by atoms with van der Waals surface area (Å²) in [6, 6.07) is 5.64. The van der Waals surface area contributed by atoms with Crippen LogP contribution in [0, 0.1) is 11.8 Å². The first kappa shape index (κ1) is 10.8. The molecule has 1 aromatic rings. The molecule has 1 aliphatic rings. The zero-order valence-corrected chi connectivity index (χ0v) is 10.9. The SMILES string of the molecule is CC1CC1C(Br)c1cc(Cl)ccc1Cl. The van der Waals surface area contributed by atoms with Crippen molar-refractivity contribution in [1.29, 1.82) is 0 Å². The molecule has 3 heteroatoms. The van der Waals surface area contributed by atoms with Crippen molar-refractivity contribution < 1.29 is 0 Å². The standard InChI is InChI=1S/C11H11BrCl2/c1-6-4-8(6)11(12)9-5-7(13)2-3-10(9)14/h2-3,5-6,8,11H,4H2,1H3. The fourth-order valence-corrected chi connectivity index (χ4v) is 3.38. The van der Waals surface area contributed by atoms with Gasteiger partial charge in [-0.25, -0.2) is 0 Å². The summed E-state index contributed by atoms with van der Waals surface area (Å²) in [5.41, 5.74) is 1.12. The van der Waals surface area contributed by atoms with Crippen LogP contribution in [0.3, 0.4) is 0 Å². The average Bonchev–Trinajstić information content (AvgIpc) is 2.86. The van der Waals surface area contributed by atoms with Crippen molar-refractivity contribution in [3.8, 4) is 0 Å². The van der Waals surface area contributed by atoms with E-state index in [0.717, 1.165) is 21.5 Å². The Morgan fingerprint density at radius 1 is 1.43 bits per heavy atom. The summed E-state index contributed by atoms with van der Waals surface area (Å²) in [7, 11) is 0. The molecule has 14 heavy (non-hydrogen) atoms. The molecule has 0 aromatic heterocycles. The first-order valence-corrected chi connectivity index (χ1v) is 6.36. The van der Waals surface area contributed by atoms with Crippen molar-refractivity contribution in [3.05, 3.63) is 33.8 Å². The van der Waals surface area contributed by atoms with Gasteiger partial charge in [-0.1, -0.05) is 46.1 Å². The molecule has 0 saturated heterocycles. The summed E-state index contributed by atoms with van der Waals surface area (Å²) in [5, 5.41) is 1.55. The molecule has 0 N–H and O–H groups in total. The van der Waals surface area contributed by atoms with Gasteiger partial charge in [-0.05, 0) is 42.0 Å². The van der Waals surface area contributed by atoms with Gasteiger partial charge < -0.3 is 0 Å². The number of hydrogen-bond donors (Lipinski definition) is 0. The molecule has 0 amide bonds. The van der Waals surface area contributed by atoms with Crippen LogP contribution >= 0.6 is 39.1 Å². The summed E-state index contributed by atoms with van der Waals surface area (Å²) < 4.78 is 0. The lowest BCUT2D eigenvalue weighted by molar-refractivity contribution is 0.740. The Morgan fingerprint density at radius 3 is 2.64 bits per heavy atom. The van der Waals surface area contributed by atoms with Crippen LogP contribution in [-0.4, -0.2) is 0 Å². The summed E-state index contributed by atoms with van der Waals surface area (Å²) in [6.07, 6.45) is 1.28. The minimum Gasteiger partial charge on any atom is -0.0843 e. The molecular weight excluding hydrogens is 283 g/mol. The second-order valence-corrected chi connectivity index (χ2v) is 5.77. The molecule has 0 aliphatic heterocycles. The largest absolute Gasteiger partial charge is 0.0843 e. The minimum absolute atomic E-state index is 0.351. The van der Waals surface area contributed by atoms with Gasteiger partial charge in [0.1, 0.15) is 0 Å². The molecule has 3 unspecified atom stereocenters. The molecule has 0 spiro atoms. The predicted molar refractivity (Wildman–Crippen MR) is 65.4 cm³/mol. The second-order valence-electron chi connectivity index (χ2n) is 3.94. The van der Waals surface area contributed by atoms with Crippen molar-refractivity contribution >= 4 is 39.1 Å². The monoisotopic (exact) mass is 292 g/mol. The maximum absolute atomic E-state index is 6.12. The molecule has 0 heterocycles. The molecule has 3 atom stereocenters. The third-order valence-corrected chi connectivity index (χ3v) is 4.55. The molecule has 1 fully saturated rings. The molecule has 2 rings (SSSR count). The zero-order chi connectivity index (χ0) is 10.3. The van der Waals surface area contributed by atoms with E-state index in [-0.39, 0.29) is 0 Å². The molecule has 0 radical (unpaired) electrons. The Labute approximate surface area is 103 Å². The Hall–Kier alpha value is 0.280. The highest BCUT2D eigenvalue weighted by Gasteiger charge is 2.39. The van der Waals surface area contributed by atoms with Gasteiger partial charge in [0.05, 0.1) is 0 Å². The van der Waals surface area contributed by atoms with Crippen LogP contribution in [0.4, 0.5) is 0 Å². The Kier molecular flexibility index (Phi) is 3.11. The first-order valence-electron chi connectivity index (χ1n) is 4.68. The van der Waals surface area contributed by atoms with Crippen molar-refractivity contribution in [1.82, 2.24) is 0 Å². The van der Waals surface area contributed by atoms with Gasteiger partial charge in [-0.3, -0.25) is 0 Å². The molecule has 1 saturated carbocycles. The quantitative estimate of drug-likeness (QED) is 0.667. The van der Waals surface area contributed by atoms with Crippen LogP contribution in [-0.2, 0) is 0 Å². The third kappa shape index (κ3) is 2.10. The van der Waals surface area contributed by atoms with Crippen LogP contribution in [0.25, 0.3) is 0 Å². The molecule has 1 aromatic carbocycles. The van der Waals surface area contributed by atoms with E-state index in [9.17, 15) is 0 Å². The molecule has 0 bridgehead atoms. The van der Waals surface area contributed by atoms with E-state index in [2.05, 4.69) is 22.9 Å². The smallest absolute Gasteiger partial charge is 0.0450 e. The van der Waals surface area contributed by atoms with Crippen LogP contribution in [0.15, 0.2) is 18.2 Å². The Morgan fingerprint density at radius 2 is 2.07 bits per heavy atom. The maximum Gasteiger partial charge on any atom is 0.0450 e. The topological polar surface area (TPSA) is 0 Å². The lowest BCUT2D eigenvalue weighted by Crippen LogP contribution is -1.94. The van der Waals surface area contributed by atoms with E-state index in [1.807, 2.05) is 18.2 Å². The summed E-state index contributed by atoms with van der Waals surface area (Å²) >= 11 is 15.8. The van der Waals surface area contributed by atoms with Gasteiger partial charge in [-0.15, -0.1) is 0 Å². The molecule has 1 aliphatic carbocycles. The number of halogens is 3. The summed E-state index contributed by atoms with van der Waals surface area (Å²) in [4.78, 5) is 0.351. The highest BCUT2D eigenvalue weighted by Crippen LogP contribution is 2.52. The van der Waals surface area contributed by atoms with Crippen LogP contribution < -0.4 is 0 Å². The minimum atomic E-state index is 0.351. The van der Waals surface area contributed by atoms with Gasteiger partial charge >= 0.3 is 0 Å². The van der Waals surface area contributed by atoms with Crippen LogP contribution in [0.5, 0.6) is 0 Å². The van der Waals surface area contributed by atoms with Gasteiger partial charge in [0.25, 0.3) is 0 Å². The van der Waals surface area contributed by atoms with E-state index in [1.54, 1.807) is 0 Å². The van der Waals surface area contributed by atoms with Crippen molar-refractivity contribution in [2.24, 2.45) is 11.8 Å². The van der Waals surface area contributed by atoms with E-state index in [4.69, 9.17) is 23.2 Å². The fourth-order valence-electron chi connectivity index (χ4n) is 1.72. The van der Waals surface area contributed by atoms with E-state index in [0.29, 0.717) is 10.7 Å². The highest BCUT2D eigenvalue weighted by molar-refractivity contribution is 9.09. The van der Waals surface area contributed by atoms with E-state index >= 15 is 0 Å². The summed E-state index contributed by atoms with van der Waals surface area (Å²) in [6.45, 7) is 2.26. The molecule has 0 nitrogen and oxygen atoms in total. The number of alkyl halides is 1. The van der Waals surface area contributed by atoms with Crippen LogP contribution in [0.1, 0.15) is 23.7 Å². The maximum atomic E-state index is 6.12. The third-order valence-electron chi connectivity index (χ3n) is 2.80. The fraction of sp³-hybridized carbons (Fsp3) is 0.455. The predicted octanol–water partition coefficient (Wildman–Crippen LogP) is 5.09. The van der Waals surface area contributed by atoms with Crippen molar-refractivity contribution in [2.75, 3.05) is 0 Å². The lowest BCUT2D eigenvalue weighted by Gasteiger charge is -2.11.